The van der Waals surface area contributed by atoms with Crippen molar-refractivity contribution in [2.24, 2.45) is 0 Å². The molecule has 138 valence electrons. The molecule has 0 radical (unpaired) electrons. The largest absolute Gasteiger partial charge is 0.462 e. The number of esters is 1. The lowest BCUT2D eigenvalue weighted by atomic mass is 10.1. The third-order valence-electron chi connectivity index (χ3n) is 4.09. The predicted molar refractivity (Wildman–Crippen MR) is 107 cm³/mol. The molecule has 0 aliphatic rings. The van der Waals surface area contributed by atoms with Gasteiger partial charge in [0.15, 0.2) is 0 Å². The van der Waals surface area contributed by atoms with Crippen LogP contribution in [0.3, 0.4) is 0 Å². The van der Waals surface area contributed by atoms with Gasteiger partial charge >= 0.3 is 5.97 Å². The van der Waals surface area contributed by atoms with Crippen LogP contribution in [0.2, 0.25) is 0 Å². The smallest absolute Gasteiger partial charge is 0.338 e. The van der Waals surface area contributed by atoms with Gasteiger partial charge in [0.2, 0.25) is 5.95 Å². The number of rotatable bonds is 6. The first-order valence-corrected chi connectivity index (χ1v) is 8.76. The number of ether oxygens (including phenoxy) is 1. The number of nitrogens with one attached hydrogen (secondary N) is 2. The van der Waals surface area contributed by atoms with Crippen LogP contribution < -0.4 is 10.6 Å². The highest BCUT2D eigenvalue weighted by Gasteiger charge is 2.06. The summed E-state index contributed by atoms with van der Waals surface area (Å²) in [7, 11) is 0. The number of carbonyl (C=O) groups is 1. The fourth-order valence-electron chi connectivity index (χ4n) is 2.49. The maximum atomic E-state index is 11.7. The number of hydrogen-bond donors (Lipinski definition) is 2. The third-order valence-corrected chi connectivity index (χ3v) is 4.09. The fraction of sp³-hybridized carbons (Fsp3) is 0.190. The van der Waals surface area contributed by atoms with Gasteiger partial charge in [-0.3, -0.25) is 0 Å². The van der Waals surface area contributed by atoms with Crippen molar-refractivity contribution in [3.63, 3.8) is 0 Å². The molecule has 6 heteroatoms. The van der Waals surface area contributed by atoms with Crippen molar-refractivity contribution in [1.29, 1.82) is 0 Å². The van der Waals surface area contributed by atoms with Crippen LogP contribution in [0.25, 0.3) is 0 Å². The van der Waals surface area contributed by atoms with E-state index < -0.39 is 0 Å². The zero-order valence-electron chi connectivity index (χ0n) is 15.6. The quantitative estimate of drug-likeness (QED) is 0.616. The summed E-state index contributed by atoms with van der Waals surface area (Å²) in [6.45, 7) is 6.29. The molecule has 0 aliphatic carbocycles. The minimum absolute atomic E-state index is 0.328. The summed E-state index contributed by atoms with van der Waals surface area (Å²) in [4.78, 5) is 20.4. The molecule has 1 heterocycles. The van der Waals surface area contributed by atoms with Gasteiger partial charge in [-0.25, -0.2) is 9.78 Å². The highest BCUT2D eigenvalue weighted by Crippen LogP contribution is 2.20. The maximum Gasteiger partial charge on any atom is 0.338 e. The SMILES string of the molecule is CCOC(=O)c1ccc(Nc2ccnc(Nc3ccc(C)c(C)c3)n2)cc1. The molecule has 0 fully saturated rings. The molecule has 1 aromatic heterocycles. The lowest BCUT2D eigenvalue weighted by molar-refractivity contribution is 0.0526. The highest BCUT2D eigenvalue weighted by atomic mass is 16.5. The summed E-state index contributed by atoms with van der Waals surface area (Å²) in [5.74, 6) is 0.831. The van der Waals surface area contributed by atoms with Crippen LogP contribution in [0.4, 0.5) is 23.1 Å². The Morgan fingerprint density at radius 3 is 2.41 bits per heavy atom. The number of aryl methyl sites for hydroxylation is 2. The van der Waals surface area contributed by atoms with Gasteiger partial charge in [0, 0.05) is 17.6 Å². The Kier molecular flexibility index (Phi) is 5.66. The first-order chi connectivity index (χ1) is 13.0. The van der Waals surface area contributed by atoms with E-state index in [0.717, 1.165) is 11.4 Å². The number of carbonyl (C=O) groups excluding carboxylic acids is 1. The molecule has 2 aromatic carbocycles. The van der Waals surface area contributed by atoms with E-state index in [1.54, 1.807) is 31.3 Å². The Labute approximate surface area is 158 Å². The number of aromatic nitrogens is 2. The van der Waals surface area contributed by atoms with E-state index in [1.807, 2.05) is 18.2 Å². The van der Waals surface area contributed by atoms with Crippen molar-refractivity contribution < 1.29 is 9.53 Å². The third kappa shape index (κ3) is 4.82. The zero-order valence-corrected chi connectivity index (χ0v) is 15.6. The van der Waals surface area contributed by atoms with Crippen molar-refractivity contribution in [3.8, 4) is 0 Å². The van der Waals surface area contributed by atoms with E-state index in [0.29, 0.717) is 23.9 Å². The lowest BCUT2D eigenvalue weighted by Gasteiger charge is -2.10. The summed E-state index contributed by atoms with van der Waals surface area (Å²) in [5.41, 5.74) is 4.72. The lowest BCUT2D eigenvalue weighted by Crippen LogP contribution is -2.04. The van der Waals surface area contributed by atoms with Crippen molar-refractivity contribution in [1.82, 2.24) is 9.97 Å². The zero-order chi connectivity index (χ0) is 19.2. The van der Waals surface area contributed by atoms with Crippen LogP contribution in [0.5, 0.6) is 0 Å². The minimum Gasteiger partial charge on any atom is -0.462 e. The Morgan fingerprint density at radius 1 is 0.963 bits per heavy atom. The van der Waals surface area contributed by atoms with Crippen molar-refractivity contribution in [3.05, 3.63) is 71.4 Å². The summed E-state index contributed by atoms with van der Waals surface area (Å²) < 4.78 is 4.99. The molecule has 0 spiro atoms. The number of anilines is 4. The van der Waals surface area contributed by atoms with E-state index in [4.69, 9.17) is 4.74 Å². The summed E-state index contributed by atoms with van der Waals surface area (Å²) in [5, 5.41) is 6.42. The van der Waals surface area contributed by atoms with Gasteiger partial charge in [0.05, 0.1) is 12.2 Å². The molecule has 0 bridgehead atoms. The Balaban J connectivity index is 1.70. The molecule has 0 saturated heterocycles. The standard InChI is InChI=1S/C21H22N4O2/c1-4-27-20(26)16-6-9-17(10-7-16)23-19-11-12-22-21(25-19)24-18-8-5-14(2)15(3)13-18/h5-13H,4H2,1-3H3,(H2,22,23,24,25). The second-order valence-electron chi connectivity index (χ2n) is 6.11. The van der Waals surface area contributed by atoms with Crippen molar-refractivity contribution in [2.45, 2.75) is 20.8 Å². The highest BCUT2D eigenvalue weighted by molar-refractivity contribution is 5.89. The Hall–Kier alpha value is -3.41. The van der Waals surface area contributed by atoms with Gasteiger partial charge in [0.1, 0.15) is 5.82 Å². The molecule has 3 rings (SSSR count). The molecule has 6 nitrogen and oxygen atoms in total. The number of nitrogens with zero attached hydrogens (tertiary/aromatic N) is 2. The van der Waals surface area contributed by atoms with E-state index in [2.05, 4.69) is 46.6 Å². The average Bonchev–Trinajstić information content (AvgIpc) is 2.66. The summed E-state index contributed by atoms with van der Waals surface area (Å²) >= 11 is 0. The van der Waals surface area contributed by atoms with Crippen molar-refractivity contribution >= 4 is 29.1 Å². The normalized spacial score (nSPS) is 10.3. The van der Waals surface area contributed by atoms with Crippen LogP contribution in [-0.2, 0) is 4.74 Å². The van der Waals surface area contributed by atoms with Crippen LogP contribution >= 0.6 is 0 Å². The van der Waals surface area contributed by atoms with Gasteiger partial charge in [-0.1, -0.05) is 6.07 Å². The van der Waals surface area contributed by atoms with Crippen LogP contribution in [0.1, 0.15) is 28.4 Å². The van der Waals surface area contributed by atoms with Crippen molar-refractivity contribution in [2.75, 3.05) is 17.2 Å². The molecule has 0 aliphatic heterocycles. The molecule has 0 atom stereocenters. The molecule has 0 saturated carbocycles. The summed E-state index contributed by atoms with van der Waals surface area (Å²) in [6, 6.07) is 15.0. The molecule has 0 unspecified atom stereocenters. The van der Waals surface area contributed by atoms with E-state index >= 15 is 0 Å². The van der Waals surface area contributed by atoms with Gasteiger partial charge in [-0.15, -0.1) is 0 Å². The maximum absolute atomic E-state index is 11.7. The molecule has 27 heavy (non-hydrogen) atoms. The molecular formula is C21H22N4O2. The summed E-state index contributed by atoms with van der Waals surface area (Å²) in [6.07, 6.45) is 1.69. The van der Waals surface area contributed by atoms with Crippen LogP contribution in [-0.4, -0.2) is 22.5 Å². The van der Waals surface area contributed by atoms with Gasteiger partial charge < -0.3 is 15.4 Å². The Morgan fingerprint density at radius 2 is 1.70 bits per heavy atom. The minimum atomic E-state index is -0.328. The molecule has 0 amide bonds. The second-order valence-corrected chi connectivity index (χ2v) is 6.11. The Bertz CT molecular complexity index is 939. The molecule has 2 N–H and O–H groups in total. The topological polar surface area (TPSA) is 76.1 Å². The van der Waals surface area contributed by atoms with Crippen LogP contribution in [0, 0.1) is 13.8 Å². The predicted octanol–water partition coefficient (Wildman–Crippen LogP) is 4.76. The molecular weight excluding hydrogens is 340 g/mol. The van der Waals surface area contributed by atoms with Gasteiger partial charge in [0.25, 0.3) is 0 Å². The van der Waals surface area contributed by atoms with Crippen LogP contribution in [0.15, 0.2) is 54.7 Å². The van der Waals surface area contributed by atoms with Gasteiger partial charge in [-0.2, -0.15) is 4.98 Å². The first-order valence-electron chi connectivity index (χ1n) is 8.76. The first kappa shape index (κ1) is 18.4. The monoisotopic (exact) mass is 362 g/mol. The fourth-order valence-corrected chi connectivity index (χ4v) is 2.49. The second kappa shape index (κ2) is 8.31. The van der Waals surface area contributed by atoms with E-state index in [1.165, 1.54) is 11.1 Å². The molecule has 3 aromatic rings. The van der Waals surface area contributed by atoms with Gasteiger partial charge in [-0.05, 0) is 74.4 Å². The number of benzene rings is 2. The average molecular weight is 362 g/mol. The van der Waals surface area contributed by atoms with E-state index in [-0.39, 0.29) is 5.97 Å². The number of hydrogen-bond acceptors (Lipinski definition) is 6. The van der Waals surface area contributed by atoms with E-state index in [9.17, 15) is 4.79 Å².